The lowest BCUT2D eigenvalue weighted by Crippen LogP contribution is -2.70. The van der Waals surface area contributed by atoms with Crippen molar-refractivity contribution >= 4 is 17.4 Å². The highest BCUT2D eigenvalue weighted by atomic mass is 32.2. The quantitative estimate of drug-likeness (QED) is 0.360. The number of methoxy groups -OCH3 is 1. The monoisotopic (exact) mass is 472 g/mol. The minimum Gasteiger partial charge on any atom is -0.495 e. The van der Waals surface area contributed by atoms with E-state index in [-0.39, 0.29) is 11.5 Å². The second-order valence-electron chi connectivity index (χ2n) is 9.72. The molecular formula is C30H36N2OS. The molecule has 1 N–H and O–H groups in total. The van der Waals surface area contributed by atoms with E-state index in [2.05, 4.69) is 103 Å². The van der Waals surface area contributed by atoms with Crippen LogP contribution in [0.3, 0.4) is 0 Å². The Morgan fingerprint density at radius 2 is 1.59 bits per heavy atom. The summed E-state index contributed by atoms with van der Waals surface area (Å²) in [5.74, 6) is 2.90. The molecule has 0 aromatic heterocycles. The summed E-state index contributed by atoms with van der Waals surface area (Å²) in [7, 11) is 1.78. The van der Waals surface area contributed by atoms with Gasteiger partial charge in [0.25, 0.3) is 0 Å². The van der Waals surface area contributed by atoms with Crippen LogP contribution in [0, 0.1) is 5.92 Å². The van der Waals surface area contributed by atoms with Gasteiger partial charge in [0.1, 0.15) is 5.75 Å². The molecule has 0 spiro atoms. The van der Waals surface area contributed by atoms with E-state index in [0.717, 1.165) is 17.2 Å². The minimum absolute atomic E-state index is 0.0667. The lowest BCUT2D eigenvalue weighted by atomic mass is 9.62. The van der Waals surface area contributed by atoms with Gasteiger partial charge in [0, 0.05) is 22.4 Å². The number of thioether (sulfide) groups is 1. The molecule has 4 heteroatoms. The fourth-order valence-corrected chi connectivity index (χ4v) is 7.10. The molecule has 3 aromatic carbocycles. The van der Waals surface area contributed by atoms with Gasteiger partial charge in [-0.2, -0.15) is 0 Å². The smallest absolute Gasteiger partial charge is 0.142 e. The molecule has 3 aliphatic rings. The van der Waals surface area contributed by atoms with E-state index in [1.165, 1.54) is 42.0 Å². The zero-order valence-electron chi connectivity index (χ0n) is 20.5. The zero-order chi connectivity index (χ0) is 23.5. The SMILES string of the molecule is CCSc1ccc(OC)c(N[C@H]2C3CCN(CC3)[C@@]2(C)C(c2ccccc2)c2ccccc2)c1. The maximum absolute atomic E-state index is 5.81. The van der Waals surface area contributed by atoms with Crippen molar-refractivity contribution in [3.05, 3.63) is 90.0 Å². The van der Waals surface area contributed by atoms with Gasteiger partial charge in [-0.05, 0) is 73.9 Å². The van der Waals surface area contributed by atoms with Crippen LogP contribution in [0.5, 0.6) is 5.75 Å². The molecule has 6 rings (SSSR count). The summed E-state index contributed by atoms with van der Waals surface area (Å²) in [5.41, 5.74) is 3.82. The number of nitrogens with one attached hydrogen (secondary N) is 1. The van der Waals surface area contributed by atoms with Crippen LogP contribution in [-0.4, -0.2) is 42.4 Å². The Morgan fingerprint density at radius 3 is 2.15 bits per heavy atom. The van der Waals surface area contributed by atoms with Crippen LogP contribution in [0.4, 0.5) is 5.69 Å². The van der Waals surface area contributed by atoms with Crippen LogP contribution in [0.2, 0.25) is 0 Å². The average molecular weight is 473 g/mol. The van der Waals surface area contributed by atoms with Crippen LogP contribution in [-0.2, 0) is 0 Å². The maximum atomic E-state index is 5.81. The molecule has 0 saturated carbocycles. The third kappa shape index (κ3) is 4.23. The number of hydrogen-bond acceptors (Lipinski definition) is 4. The van der Waals surface area contributed by atoms with Crippen LogP contribution in [0.25, 0.3) is 0 Å². The van der Waals surface area contributed by atoms with E-state index in [9.17, 15) is 0 Å². The number of piperidine rings is 3. The lowest BCUT2D eigenvalue weighted by molar-refractivity contribution is -0.0401. The molecule has 34 heavy (non-hydrogen) atoms. The first-order chi connectivity index (χ1) is 16.6. The van der Waals surface area contributed by atoms with Crippen LogP contribution in [0.1, 0.15) is 43.7 Å². The summed E-state index contributed by atoms with van der Waals surface area (Å²) < 4.78 is 5.81. The van der Waals surface area contributed by atoms with Gasteiger partial charge in [-0.25, -0.2) is 0 Å². The largest absolute Gasteiger partial charge is 0.495 e. The summed E-state index contributed by atoms with van der Waals surface area (Å²) in [6.07, 6.45) is 2.49. The van der Waals surface area contributed by atoms with Crippen molar-refractivity contribution in [1.82, 2.24) is 4.90 Å². The average Bonchev–Trinajstić information content (AvgIpc) is 2.88. The molecular weight excluding hydrogens is 436 g/mol. The van der Waals surface area contributed by atoms with Crippen LogP contribution < -0.4 is 10.1 Å². The molecule has 2 atom stereocenters. The summed E-state index contributed by atoms with van der Waals surface area (Å²) in [4.78, 5) is 4.04. The number of fused-ring (bicyclic) bond motifs is 3. The summed E-state index contributed by atoms with van der Waals surface area (Å²) in [5, 5.41) is 4.06. The molecule has 3 aliphatic heterocycles. The molecule has 3 saturated heterocycles. The van der Waals surface area contributed by atoms with E-state index in [0.29, 0.717) is 12.0 Å². The third-order valence-corrected chi connectivity index (χ3v) is 8.84. The van der Waals surface area contributed by atoms with E-state index in [4.69, 9.17) is 4.74 Å². The zero-order valence-corrected chi connectivity index (χ0v) is 21.4. The number of rotatable bonds is 8. The second-order valence-corrected chi connectivity index (χ2v) is 11.1. The molecule has 0 radical (unpaired) electrons. The first kappa shape index (κ1) is 23.3. The van der Waals surface area contributed by atoms with Crippen molar-refractivity contribution < 1.29 is 4.74 Å². The van der Waals surface area contributed by atoms with Gasteiger partial charge in [0.05, 0.1) is 12.8 Å². The minimum atomic E-state index is -0.0667. The topological polar surface area (TPSA) is 24.5 Å². The van der Waals surface area contributed by atoms with Gasteiger partial charge >= 0.3 is 0 Å². The second kappa shape index (κ2) is 10.1. The van der Waals surface area contributed by atoms with Gasteiger partial charge in [0.15, 0.2) is 0 Å². The Balaban J connectivity index is 1.61. The lowest BCUT2D eigenvalue weighted by Gasteiger charge is -2.61. The van der Waals surface area contributed by atoms with Crippen molar-refractivity contribution in [2.75, 3.05) is 31.3 Å². The third-order valence-electron chi connectivity index (χ3n) is 7.97. The predicted octanol–water partition coefficient (Wildman–Crippen LogP) is 6.90. The summed E-state index contributed by atoms with van der Waals surface area (Å²) in [6, 6.07) is 29.1. The predicted molar refractivity (Wildman–Crippen MR) is 144 cm³/mol. The Hall–Kier alpha value is -2.43. The normalized spacial score (nSPS) is 25.9. The Labute approximate surface area is 208 Å². The Kier molecular flexibility index (Phi) is 6.89. The maximum Gasteiger partial charge on any atom is 0.142 e. The molecule has 3 fully saturated rings. The number of hydrogen-bond donors (Lipinski definition) is 1. The highest BCUT2D eigenvalue weighted by molar-refractivity contribution is 7.99. The van der Waals surface area contributed by atoms with Crippen molar-refractivity contribution in [2.45, 2.75) is 49.1 Å². The van der Waals surface area contributed by atoms with Gasteiger partial charge in [-0.3, -0.25) is 4.90 Å². The van der Waals surface area contributed by atoms with Crippen molar-refractivity contribution in [1.29, 1.82) is 0 Å². The Bertz CT molecular complexity index is 1040. The highest BCUT2D eigenvalue weighted by Gasteiger charge is 2.55. The van der Waals surface area contributed by atoms with E-state index in [1.807, 2.05) is 11.8 Å². The van der Waals surface area contributed by atoms with Gasteiger partial charge < -0.3 is 10.1 Å². The van der Waals surface area contributed by atoms with Crippen molar-refractivity contribution in [3.8, 4) is 5.75 Å². The fraction of sp³-hybridized carbons (Fsp3) is 0.400. The number of benzene rings is 3. The molecule has 3 heterocycles. The summed E-state index contributed by atoms with van der Waals surface area (Å²) in [6.45, 7) is 7.03. The molecule has 0 amide bonds. The highest BCUT2D eigenvalue weighted by Crippen LogP contribution is 2.51. The molecule has 0 aliphatic carbocycles. The van der Waals surface area contributed by atoms with E-state index in [1.54, 1.807) is 7.11 Å². The number of anilines is 1. The van der Waals surface area contributed by atoms with Gasteiger partial charge in [-0.1, -0.05) is 67.6 Å². The van der Waals surface area contributed by atoms with Crippen LogP contribution in [0.15, 0.2) is 83.8 Å². The molecule has 0 unspecified atom stereocenters. The first-order valence-corrected chi connectivity index (χ1v) is 13.6. The molecule has 178 valence electrons. The molecule has 2 bridgehead atoms. The van der Waals surface area contributed by atoms with Gasteiger partial charge in [0.2, 0.25) is 0 Å². The van der Waals surface area contributed by atoms with Crippen molar-refractivity contribution in [2.24, 2.45) is 5.92 Å². The standard InChI is InChI=1S/C30H36N2OS/c1-4-34-25-15-16-27(33-3)26(21-25)31-29-24-17-19-32(20-18-24)30(29,2)28(22-11-7-5-8-12-22)23-13-9-6-10-14-23/h5-16,21,24,28-29,31H,4,17-20H2,1-3H3/t29-,30-/m0/s1. The molecule has 3 aromatic rings. The van der Waals surface area contributed by atoms with Gasteiger partial charge in [-0.15, -0.1) is 11.8 Å². The Morgan fingerprint density at radius 1 is 0.971 bits per heavy atom. The first-order valence-electron chi connectivity index (χ1n) is 12.6. The summed E-state index contributed by atoms with van der Waals surface area (Å²) >= 11 is 1.88. The van der Waals surface area contributed by atoms with E-state index < -0.39 is 0 Å². The fourth-order valence-electron chi connectivity index (χ4n) is 6.40. The van der Waals surface area contributed by atoms with Crippen molar-refractivity contribution in [3.63, 3.8) is 0 Å². The van der Waals surface area contributed by atoms with E-state index >= 15 is 0 Å². The number of nitrogens with zero attached hydrogens (tertiary/aromatic N) is 1. The number of ether oxygens (including phenoxy) is 1. The molecule has 3 nitrogen and oxygen atoms in total. The van der Waals surface area contributed by atoms with Crippen LogP contribution >= 0.6 is 11.8 Å².